The van der Waals surface area contributed by atoms with Gasteiger partial charge in [-0.3, -0.25) is 9.59 Å². The molecule has 3 aliphatic heterocycles. The van der Waals surface area contributed by atoms with Gasteiger partial charge in [0.1, 0.15) is 0 Å². The lowest BCUT2D eigenvalue weighted by Crippen LogP contribution is -2.45. The molecule has 0 aliphatic carbocycles. The molecular weight excluding hydrogens is 409 g/mol. The van der Waals surface area contributed by atoms with Gasteiger partial charge in [-0.25, -0.2) is 4.99 Å². The van der Waals surface area contributed by atoms with Gasteiger partial charge in [-0.15, -0.1) is 0 Å². The third-order valence-corrected chi connectivity index (χ3v) is 7.21. The van der Waals surface area contributed by atoms with E-state index in [2.05, 4.69) is 17.2 Å². The van der Waals surface area contributed by atoms with Crippen molar-refractivity contribution in [2.45, 2.75) is 33.1 Å². The maximum atomic E-state index is 13.4. The van der Waals surface area contributed by atoms with Crippen LogP contribution < -0.4 is 5.32 Å². The molecule has 5 nitrogen and oxygen atoms in total. The second-order valence-corrected chi connectivity index (χ2v) is 9.14. The minimum Gasteiger partial charge on any atom is -0.337 e. The number of fused-ring (bicyclic) bond motifs is 1. The summed E-state index contributed by atoms with van der Waals surface area (Å²) >= 11 is 13.3. The van der Waals surface area contributed by atoms with Crippen LogP contribution in [-0.4, -0.2) is 48.6 Å². The van der Waals surface area contributed by atoms with Gasteiger partial charge >= 0.3 is 0 Å². The minimum absolute atomic E-state index is 0.147. The lowest BCUT2D eigenvalue weighted by atomic mass is 9.82. The predicted octanol–water partition coefficient (Wildman–Crippen LogP) is 3.88. The summed E-state index contributed by atoms with van der Waals surface area (Å²) in [7, 11) is 0. The summed E-state index contributed by atoms with van der Waals surface area (Å²) in [6.45, 7) is 8.58. The number of nitrogens with zero attached hydrogens (tertiary/aromatic N) is 2. The SMILES string of the molecule is CC1=CC(C)=NC(=O)C1CN1CCc2c(Cl)cc(C(C)C3CNC3)c(Cl)c2C1=O. The van der Waals surface area contributed by atoms with Crippen LogP contribution in [0.3, 0.4) is 0 Å². The number of rotatable bonds is 4. The maximum absolute atomic E-state index is 13.4. The van der Waals surface area contributed by atoms with E-state index in [0.29, 0.717) is 46.7 Å². The number of carbonyl (C=O) groups is 2. The molecule has 1 aromatic carbocycles. The van der Waals surface area contributed by atoms with Gasteiger partial charge in [0.05, 0.1) is 16.5 Å². The summed E-state index contributed by atoms with van der Waals surface area (Å²) in [6, 6.07) is 1.93. The topological polar surface area (TPSA) is 61.8 Å². The molecule has 2 amide bonds. The normalized spacial score (nSPS) is 23.3. The van der Waals surface area contributed by atoms with Crippen LogP contribution in [0.4, 0.5) is 0 Å². The molecule has 1 saturated heterocycles. The first kappa shape index (κ1) is 20.6. The molecule has 29 heavy (non-hydrogen) atoms. The van der Waals surface area contributed by atoms with Crippen molar-refractivity contribution in [3.8, 4) is 0 Å². The van der Waals surface area contributed by atoms with Gasteiger partial charge < -0.3 is 10.2 Å². The van der Waals surface area contributed by atoms with Gasteiger partial charge in [-0.05, 0) is 68.5 Å². The first-order chi connectivity index (χ1) is 13.8. The molecule has 0 spiro atoms. The van der Waals surface area contributed by atoms with Crippen LogP contribution in [0.5, 0.6) is 0 Å². The van der Waals surface area contributed by atoms with Gasteiger partial charge in [0.25, 0.3) is 11.8 Å². The summed E-state index contributed by atoms with van der Waals surface area (Å²) < 4.78 is 0. The van der Waals surface area contributed by atoms with E-state index >= 15 is 0 Å². The van der Waals surface area contributed by atoms with Crippen LogP contribution in [0.25, 0.3) is 0 Å². The molecule has 0 bridgehead atoms. The first-order valence-electron chi connectivity index (χ1n) is 10.1. The fraction of sp³-hybridized carbons (Fsp3) is 0.500. The van der Waals surface area contributed by atoms with E-state index in [0.717, 1.165) is 29.8 Å². The summed E-state index contributed by atoms with van der Waals surface area (Å²) in [5.41, 5.74) is 3.89. The Morgan fingerprint density at radius 2 is 2.00 bits per heavy atom. The lowest BCUT2D eigenvalue weighted by Gasteiger charge is -2.36. The van der Waals surface area contributed by atoms with E-state index in [9.17, 15) is 9.59 Å². The first-order valence-corrected chi connectivity index (χ1v) is 10.8. The van der Waals surface area contributed by atoms with Crippen molar-refractivity contribution in [2.75, 3.05) is 26.2 Å². The van der Waals surface area contributed by atoms with Crippen LogP contribution in [0.1, 0.15) is 48.2 Å². The van der Waals surface area contributed by atoms with Crippen LogP contribution in [-0.2, 0) is 11.2 Å². The zero-order valence-electron chi connectivity index (χ0n) is 16.9. The Balaban J connectivity index is 1.64. The van der Waals surface area contributed by atoms with E-state index in [1.807, 2.05) is 26.0 Å². The number of halogens is 2. The molecule has 2 unspecified atom stereocenters. The van der Waals surface area contributed by atoms with Gasteiger partial charge in [-0.1, -0.05) is 35.7 Å². The highest BCUT2D eigenvalue weighted by atomic mass is 35.5. The molecule has 0 saturated carbocycles. The summed E-state index contributed by atoms with van der Waals surface area (Å²) in [5.74, 6) is -0.0280. The van der Waals surface area contributed by atoms with Crippen molar-refractivity contribution in [1.29, 1.82) is 0 Å². The average molecular weight is 434 g/mol. The fourth-order valence-electron chi connectivity index (χ4n) is 4.43. The van der Waals surface area contributed by atoms with Gasteiger partial charge in [0.15, 0.2) is 0 Å². The predicted molar refractivity (Wildman–Crippen MR) is 116 cm³/mol. The Labute approximate surface area is 181 Å². The highest BCUT2D eigenvalue weighted by molar-refractivity contribution is 6.37. The van der Waals surface area contributed by atoms with Crippen LogP contribution >= 0.6 is 23.2 Å². The van der Waals surface area contributed by atoms with Gasteiger partial charge in [-0.2, -0.15) is 0 Å². The highest BCUT2D eigenvalue weighted by Gasteiger charge is 2.36. The van der Waals surface area contributed by atoms with E-state index in [-0.39, 0.29) is 17.7 Å². The third-order valence-electron chi connectivity index (χ3n) is 6.46. The maximum Gasteiger partial charge on any atom is 0.255 e. The van der Waals surface area contributed by atoms with E-state index in [4.69, 9.17) is 23.2 Å². The monoisotopic (exact) mass is 433 g/mol. The Bertz CT molecular complexity index is 950. The van der Waals surface area contributed by atoms with E-state index < -0.39 is 5.92 Å². The molecule has 3 aliphatic rings. The number of aliphatic imine (C=N–C) groups is 1. The molecule has 154 valence electrons. The fourth-order valence-corrected chi connectivity index (χ4v) is 5.16. The number of hydrogen-bond acceptors (Lipinski definition) is 3. The Kier molecular flexibility index (Phi) is 5.58. The molecule has 3 heterocycles. The number of hydrogen-bond donors (Lipinski definition) is 1. The van der Waals surface area contributed by atoms with Crippen molar-refractivity contribution >= 4 is 40.7 Å². The number of benzene rings is 1. The Hall–Kier alpha value is -1.69. The van der Waals surface area contributed by atoms with Crippen molar-refractivity contribution in [3.05, 3.63) is 44.5 Å². The number of dihydropyridines is 1. The number of amides is 2. The third kappa shape index (κ3) is 3.65. The average Bonchev–Trinajstić information content (AvgIpc) is 2.60. The highest BCUT2D eigenvalue weighted by Crippen LogP contribution is 2.40. The number of allylic oxidation sites excluding steroid dienone is 1. The summed E-state index contributed by atoms with van der Waals surface area (Å²) in [6.07, 6.45) is 2.54. The molecule has 0 aromatic heterocycles. The molecular formula is C22H25Cl2N3O2. The zero-order chi connectivity index (χ0) is 20.9. The summed E-state index contributed by atoms with van der Waals surface area (Å²) in [5, 5.41) is 4.40. The zero-order valence-corrected chi connectivity index (χ0v) is 18.4. The van der Waals surface area contributed by atoms with Crippen LogP contribution in [0.2, 0.25) is 10.0 Å². The Morgan fingerprint density at radius 3 is 2.62 bits per heavy atom. The Morgan fingerprint density at radius 1 is 1.28 bits per heavy atom. The van der Waals surface area contributed by atoms with Crippen molar-refractivity contribution in [1.82, 2.24) is 10.2 Å². The van der Waals surface area contributed by atoms with Crippen molar-refractivity contribution in [2.24, 2.45) is 16.8 Å². The van der Waals surface area contributed by atoms with Crippen LogP contribution in [0, 0.1) is 11.8 Å². The second kappa shape index (κ2) is 7.86. The number of nitrogens with one attached hydrogen (secondary N) is 1. The minimum atomic E-state index is -0.401. The molecule has 4 rings (SSSR count). The quantitative estimate of drug-likeness (QED) is 0.783. The number of carbonyl (C=O) groups excluding carboxylic acids is 2. The van der Waals surface area contributed by atoms with E-state index in [1.54, 1.807) is 4.90 Å². The molecule has 1 fully saturated rings. The van der Waals surface area contributed by atoms with Gasteiger partial charge in [0.2, 0.25) is 0 Å². The van der Waals surface area contributed by atoms with Crippen molar-refractivity contribution < 1.29 is 9.59 Å². The smallest absolute Gasteiger partial charge is 0.255 e. The molecule has 1 aromatic rings. The molecule has 2 atom stereocenters. The van der Waals surface area contributed by atoms with Gasteiger partial charge in [0, 0.05) is 23.8 Å². The van der Waals surface area contributed by atoms with E-state index in [1.165, 1.54) is 0 Å². The largest absolute Gasteiger partial charge is 0.337 e. The molecule has 7 heteroatoms. The molecule has 0 radical (unpaired) electrons. The summed E-state index contributed by atoms with van der Waals surface area (Å²) in [4.78, 5) is 31.6. The van der Waals surface area contributed by atoms with Crippen molar-refractivity contribution in [3.63, 3.8) is 0 Å². The lowest BCUT2D eigenvalue weighted by molar-refractivity contribution is -0.120. The molecule has 1 N–H and O–H groups in total. The second-order valence-electron chi connectivity index (χ2n) is 8.36. The standard InChI is InChI=1S/C22H25Cl2N3O2/c1-11-6-12(2)26-21(28)17(11)10-27-5-4-15-18(23)7-16(13(3)14-8-25-9-14)20(24)19(15)22(27)29/h6-7,13-14,17,25H,4-5,8-10H2,1-3H3. The van der Waals surface area contributed by atoms with Crippen LogP contribution in [0.15, 0.2) is 22.7 Å².